The van der Waals surface area contributed by atoms with Crippen LogP contribution in [0.3, 0.4) is 0 Å². The van der Waals surface area contributed by atoms with Gasteiger partial charge in [-0.2, -0.15) is 0 Å². The third kappa shape index (κ3) is 2.21. The first kappa shape index (κ1) is 12.1. The molecule has 1 aliphatic rings. The molecule has 1 aromatic rings. The quantitative estimate of drug-likeness (QED) is 0.819. The van der Waals surface area contributed by atoms with Crippen molar-refractivity contribution in [2.75, 3.05) is 0 Å². The number of fused-ring (bicyclic) bond motifs is 1. The predicted molar refractivity (Wildman–Crippen MR) is 67.3 cm³/mol. The lowest BCUT2D eigenvalue weighted by atomic mass is 9.69. The summed E-state index contributed by atoms with van der Waals surface area (Å²) < 4.78 is 0. The third-order valence-electron chi connectivity index (χ3n) is 4.34. The molecule has 0 fully saturated rings. The minimum atomic E-state index is -0.387. The molecule has 17 heavy (non-hydrogen) atoms. The summed E-state index contributed by atoms with van der Waals surface area (Å²) in [5, 5.41) is 0. The van der Waals surface area contributed by atoms with Crippen LogP contribution >= 0.6 is 0 Å². The van der Waals surface area contributed by atoms with Gasteiger partial charge in [0.15, 0.2) is 0 Å². The van der Waals surface area contributed by atoms with Crippen molar-refractivity contribution in [3.63, 3.8) is 0 Å². The summed E-state index contributed by atoms with van der Waals surface area (Å²) in [5.41, 5.74) is 1.27. The smallest absolute Gasteiger partial charge is 0.311 e. The van der Waals surface area contributed by atoms with E-state index >= 15 is 0 Å². The van der Waals surface area contributed by atoms with Crippen molar-refractivity contribution < 1.29 is 0 Å². The normalized spacial score (nSPS) is 20.1. The van der Waals surface area contributed by atoms with E-state index in [0.29, 0.717) is 5.92 Å². The molecular weight excluding hydrogens is 216 g/mol. The Bertz CT molecular complexity index is 525. The average Bonchev–Trinajstić information content (AvgIpc) is 2.28. The lowest BCUT2D eigenvalue weighted by Crippen LogP contribution is -2.36. The van der Waals surface area contributed by atoms with Gasteiger partial charge >= 0.3 is 5.69 Å². The number of H-pyrrole nitrogens is 2. The highest BCUT2D eigenvalue weighted by Gasteiger charge is 2.32. The second-order valence-electron chi connectivity index (χ2n) is 5.65. The Balaban J connectivity index is 2.37. The molecule has 2 rings (SSSR count). The average molecular weight is 236 g/mol. The first-order valence-corrected chi connectivity index (χ1v) is 6.28. The SMILES string of the molecule is CCC(C)(C)C1CCc2[nH]c(=O)[nH]c(=O)c2C1. The highest BCUT2D eigenvalue weighted by atomic mass is 16.2. The van der Waals surface area contributed by atoms with Crippen LogP contribution < -0.4 is 11.2 Å². The van der Waals surface area contributed by atoms with Gasteiger partial charge in [0.05, 0.1) is 0 Å². The van der Waals surface area contributed by atoms with Crippen LogP contribution in [0.2, 0.25) is 0 Å². The summed E-state index contributed by atoms with van der Waals surface area (Å²) in [6.45, 7) is 6.69. The first-order chi connectivity index (χ1) is 7.94. The molecule has 0 spiro atoms. The van der Waals surface area contributed by atoms with Gasteiger partial charge in [-0.15, -0.1) is 0 Å². The molecule has 1 heterocycles. The van der Waals surface area contributed by atoms with Crippen LogP contribution in [-0.4, -0.2) is 9.97 Å². The van der Waals surface area contributed by atoms with Gasteiger partial charge in [0.2, 0.25) is 0 Å². The third-order valence-corrected chi connectivity index (χ3v) is 4.34. The standard InChI is InChI=1S/C13H20N2O2/c1-4-13(2,3)8-5-6-10-9(7-8)11(16)15-12(17)14-10/h8H,4-7H2,1-3H3,(H2,14,15,16,17). The predicted octanol–water partition coefficient (Wildman–Crippen LogP) is 1.60. The van der Waals surface area contributed by atoms with Gasteiger partial charge in [0.1, 0.15) is 0 Å². The minimum absolute atomic E-state index is 0.208. The Morgan fingerprint density at radius 3 is 2.65 bits per heavy atom. The van der Waals surface area contributed by atoms with Crippen molar-refractivity contribution in [2.45, 2.75) is 46.5 Å². The molecule has 1 atom stereocenters. The van der Waals surface area contributed by atoms with Gasteiger partial charge in [-0.1, -0.05) is 27.2 Å². The molecular formula is C13H20N2O2. The fraction of sp³-hybridized carbons (Fsp3) is 0.692. The largest absolute Gasteiger partial charge is 0.325 e. The summed E-state index contributed by atoms with van der Waals surface area (Å²) in [4.78, 5) is 28.0. The zero-order chi connectivity index (χ0) is 12.6. The molecule has 0 aromatic carbocycles. The topological polar surface area (TPSA) is 65.7 Å². The first-order valence-electron chi connectivity index (χ1n) is 6.28. The number of nitrogens with one attached hydrogen (secondary N) is 2. The van der Waals surface area contributed by atoms with E-state index in [-0.39, 0.29) is 16.7 Å². The summed E-state index contributed by atoms with van der Waals surface area (Å²) in [5.74, 6) is 0.520. The van der Waals surface area contributed by atoms with Crippen LogP contribution in [0.1, 0.15) is 44.9 Å². The maximum atomic E-state index is 11.8. The van der Waals surface area contributed by atoms with Crippen molar-refractivity contribution in [2.24, 2.45) is 11.3 Å². The molecule has 0 aliphatic heterocycles. The molecule has 0 saturated carbocycles. The maximum absolute atomic E-state index is 11.8. The van der Waals surface area contributed by atoms with Crippen molar-refractivity contribution in [1.29, 1.82) is 0 Å². The zero-order valence-electron chi connectivity index (χ0n) is 10.7. The fourth-order valence-corrected chi connectivity index (χ4v) is 2.61. The minimum Gasteiger partial charge on any atom is -0.311 e. The lowest BCUT2D eigenvalue weighted by Gasteiger charge is -2.36. The van der Waals surface area contributed by atoms with Crippen LogP contribution in [0.5, 0.6) is 0 Å². The Kier molecular flexibility index (Phi) is 2.98. The van der Waals surface area contributed by atoms with E-state index < -0.39 is 0 Å². The van der Waals surface area contributed by atoms with Gasteiger partial charge in [0.25, 0.3) is 5.56 Å². The fourth-order valence-electron chi connectivity index (χ4n) is 2.61. The zero-order valence-corrected chi connectivity index (χ0v) is 10.7. The number of rotatable bonds is 2. The molecule has 0 radical (unpaired) electrons. The van der Waals surface area contributed by atoms with Crippen molar-refractivity contribution in [3.05, 3.63) is 32.1 Å². The molecule has 1 unspecified atom stereocenters. The summed E-state index contributed by atoms with van der Waals surface area (Å²) in [6.07, 6.45) is 3.74. The Hall–Kier alpha value is -1.32. The van der Waals surface area contributed by atoms with E-state index in [9.17, 15) is 9.59 Å². The number of hydrogen-bond acceptors (Lipinski definition) is 2. The second-order valence-corrected chi connectivity index (χ2v) is 5.65. The van der Waals surface area contributed by atoms with Gasteiger partial charge < -0.3 is 4.98 Å². The van der Waals surface area contributed by atoms with Crippen molar-refractivity contribution in [3.8, 4) is 0 Å². The van der Waals surface area contributed by atoms with Gasteiger partial charge in [-0.3, -0.25) is 9.78 Å². The summed E-state index contributed by atoms with van der Waals surface area (Å²) >= 11 is 0. The Morgan fingerprint density at radius 1 is 1.29 bits per heavy atom. The number of hydrogen-bond donors (Lipinski definition) is 2. The number of aryl methyl sites for hydroxylation is 1. The van der Waals surface area contributed by atoms with Crippen LogP contribution in [0, 0.1) is 11.3 Å². The molecule has 0 amide bonds. The molecule has 0 bridgehead atoms. The highest BCUT2D eigenvalue weighted by molar-refractivity contribution is 5.20. The number of aromatic amines is 2. The van der Waals surface area contributed by atoms with Gasteiger partial charge in [-0.05, 0) is 30.6 Å². The van der Waals surface area contributed by atoms with Gasteiger partial charge in [0, 0.05) is 11.3 Å². The molecule has 0 saturated heterocycles. The van der Waals surface area contributed by atoms with Crippen molar-refractivity contribution in [1.82, 2.24) is 9.97 Å². The summed E-state index contributed by atoms with van der Waals surface area (Å²) in [7, 11) is 0. The highest BCUT2D eigenvalue weighted by Crippen LogP contribution is 2.38. The van der Waals surface area contributed by atoms with E-state index in [0.717, 1.165) is 36.9 Å². The monoisotopic (exact) mass is 236 g/mol. The molecule has 2 N–H and O–H groups in total. The molecule has 4 heteroatoms. The molecule has 1 aliphatic carbocycles. The van der Waals surface area contributed by atoms with E-state index in [4.69, 9.17) is 0 Å². The van der Waals surface area contributed by atoms with E-state index in [2.05, 4.69) is 30.7 Å². The van der Waals surface area contributed by atoms with Crippen LogP contribution in [0.4, 0.5) is 0 Å². The van der Waals surface area contributed by atoms with E-state index in [1.54, 1.807) is 0 Å². The Morgan fingerprint density at radius 2 is 2.00 bits per heavy atom. The van der Waals surface area contributed by atoms with Gasteiger partial charge in [-0.25, -0.2) is 4.79 Å². The van der Waals surface area contributed by atoms with Crippen molar-refractivity contribution >= 4 is 0 Å². The molecule has 94 valence electrons. The second kappa shape index (κ2) is 4.17. The lowest BCUT2D eigenvalue weighted by molar-refractivity contribution is 0.181. The summed E-state index contributed by atoms with van der Waals surface area (Å²) in [6, 6.07) is 0. The van der Waals surface area contributed by atoms with E-state index in [1.807, 2.05) is 0 Å². The van der Waals surface area contributed by atoms with E-state index in [1.165, 1.54) is 0 Å². The van der Waals surface area contributed by atoms with Crippen LogP contribution in [0.15, 0.2) is 9.59 Å². The van der Waals surface area contributed by atoms with Crippen LogP contribution in [0.25, 0.3) is 0 Å². The Labute approximate surface area is 100 Å². The molecule has 1 aromatic heterocycles. The molecule has 4 nitrogen and oxygen atoms in total. The maximum Gasteiger partial charge on any atom is 0.325 e. The number of aromatic nitrogens is 2. The van der Waals surface area contributed by atoms with Crippen LogP contribution in [-0.2, 0) is 12.8 Å².